The summed E-state index contributed by atoms with van der Waals surface area (Å²) in [4.78, 5) is 8.21. The second kappa shape index (κ2) is 6.97. The summed E-state index contributed by atoms with van der Waals surface area (Å²) in [6, 6.07) is 17.3. The van der Waals surface area contributed by atoms with Gasteiger partial charge in [0.05, 0.1) is 17.1 Å². The quantitative estimate of drug-likeness (QED) is 0.698. The van der Waals surface area contributed by atoms with E-state index in [-0.39, 0.29) is 6.04 Å². The lowest BCUT2D eigenvalue weighted by Gasteiger charge is -2.20. The summed E-state index contributed by atoms with van der Waals surface area (Å²) in [5.41, 5.74) is 4.82. The molecule has 0 aliphatic carbocycles. The Labute approximate surface area is 138 Å². The molecule has 0 amide bonds. The van der Waals surface area contributed by atoms with E-state index >= 15 is 0 Å². The summed E-state index contributed by atoms with van der Waals surface area (Å²) in [7, 11) is 0. The van der Waals surface area contributed by atoms with E-state index in [9.17, 15) is 0 Å². The summed E-state index contributed by atoms with van der Waals surface area (Å²) in [5.74, 6) is 1.48. The maximum Gasteiger partial charge on any atom is 0.124 e. The number of aromatic amines is 1. The van der Waals surface area contributed by atoms with Gasteiger partial charge in [-0.25, -0.2) is 4.98 Å². The van der Waals surface area contributed by atoms with Gasteiger partial charge < -0.3 is 10.3 Å². The number of fused-ring (bicyclic) bond motifs is 1. The zero-order chi connectivity index (χ0) is 16.2. The third-order valence-corrected chi connectivity index (χ3v) is 4.33. The van der Waals surface area contributed by atoms with E-state index in [2.05, 4.69) is 67.5 Å². The van der Waals surface area contributed by atoms with Crippen LogP contribution in [0.25, 0.3) is 11.0 Å². The minimum atomic E-state index is 0.216. The van der Waals surface area contributed by atoms with Gasteiger partial charge in [0.15, 0.2) is 0 Å². The van der Waals surface area contributed by atoms with E-state index in [0.29, 0.717) is 5.92 Å². The van der Waals surface area contributed by atoms with Crippen LogP contribution in [0.15, 0.2) is 48.5 Å². The molecule has 0 spiro atoms. The van der Waals surface area contributed by atoms with Gasteiger partial charge in [-0.1, -0.05) is 57.2 Å². The molecule has 1 aromatic heterocycles. The van der Waals surface area contributed by atoms with Crippen LogP contribution >= 0.6 is 0 Å². The lowest BCUT2D eigenvalue weighted by atomic mass is 10.0. The SMILES string of the molecule is CCc1ccc(CN[C@H](c2nc3ccccc3[nH]2)C(C)C)cc1. The number of nitrogens with one attached hydrogen (secondary N) is 2. The molecule has 0 saturated carbocycles. The standard InChI is InChI=1S/C20H25N3/c1-4-15-9-11-16(12-10-15)13-21-19(14(2)3)20-22-17-7-5-6-8-18(17)23-20/h5-12,14,19,21H,4,13H2,1-3H3,(H,22,23)/t19-/m0/s1. The molecule has 3 nitrogen and oxygen atoms in total. The smallest absolute Gasteiger partial charge is 0.124 e. The summed E-state index contributed by atoms with van der Waals surface area (Å²) < 4.78 is 0. The zero-order valence-electron chi connectivity index (χ0n) is 14.1. The largest absolute Gasteiger partial charge is 0.341 e. The van der Waals surface area contributed by atoms with E-state index in [1.165, 1.54) is 11.1 Å². The van der Waals surface area contributed by atoms with Crippen LogP contribution in [-0.2, 0) is 13.0 Å². The fourth-order valence-electron chi connectivity index (χ4n) is 2.89. The molecule has 120 valence electrons. The Hall–Kier alpha value is -2.13. The first-order valence-corrected chi connectivity index (χ1v) is 8.43. The molecule has 0 fully saturated rings. The Bertz CT molecular complexity index is 723. The molecular formula is C20H25N3. The Balaban J connectivity index is 1.75. The van der Waals surface area contributed by atoms with Crippen LogP contribution in [0.5, 0.6) is 0 Å². The number of imidazole rings is 1. The van der Waals surface area contributed by atoms with Crippen molar-refractivity contribution in [2.75, 3.05) is 0 Å². The van der Waals surface area contributed by atoms with Crippen LogP contribution in [0.3, 0.4) is 0 Å². The van der Waals surface area contributed by atoms with Gasteiger partial charge in [0, 0.05) is 6.54 Å². The molecule has 0 saturated heterocycles. The highest BCUT2D eigenvalue weighted by molar-refractivity contribution is 5.74. The first-order chi connectivity index (χ1) is 11.2. The van der Waals surface area contributed by atoms with Gasteiger partial charge in [-0.15, -0.1) is 0 Å². The van der Waals surface area contributed by atoms with Crippen LogP contribution in [-0.4, -0.2) is 9.97 Å². The average Bonchev–Trinajstić information content (AvgIpc) is 2.99. The van der Waals surface area contributed by atoms with Crippen molar-refractivity contribution in [3.05, 3.63) is 65.5 Å². The Kier molecular flexibility index (Phi) is 4.77. The van der Waals surface area contributed by atoms with Crippen molar-refractivity contribution in [2.45, 2.75) is 39.8 Å². The number of hydrogen-bond donors (Lipinski definition) is 2. The van der Waals surface area contributed by atoms with Crippen LogP contribution in [0.1, 0.15) is 43.8 Å². The first-order valence-electron chi connectivity index (χ1n) is 8.43. The molecule has 0 unspecified atom stereocenters. The van der Waals surface area contributed by atoms with Crippen molar-refractivity contribution in [1.82, 2.24) is 15.3 Å². The molecule has 0 radical (unpaired) electrons. The number of hydrogen-bond acceptors (Lipinski definition) is 2. The molecule has 2 aromatic carbocycles. The van der Waals surface area contributed by atoms with Crippen LogP contribution in [0, 0.1) is 5.92 Å². The molecule has 0 aliphatic rings. The summed E-state index contributed by atoms with van der Waals surface area (Å²) in [5, 5.41) is 3.66. The Morgan fingerprint density at radius 2 is 1.70 bits per heavy atom. The highest BCUT2D eigenvalue weighted by atomic mass is 15.0. The third kappa shape index (κ3) is 3.62. The number of aryl methyl sites for hydroxylation is 1. The number of rotatable bonds is 6. The molecule has 2 N–H and O–H groups in total. The normalized spacial score (nSPS) is 12.9. The monoisotopic (exact) mass is 307 g/mol. The summed E-state index contributed by atoms with van der Waals surface area (Å²) >= 11 is 0. The minimum Gasteiger partial charge on any atom is -0.341 e. The van der Waals surface area contributed by atoms with Crippen molar-refractivity contribution >= 4 is 11.0 Å². The molecule has 3 aromatic rings. The van der Waals surface area contributed by atoms with E-state index < -0.39 is 0 Å². The van der Waals surface area contributed by atoms with Gasteiger partial charge in [-0.3, -0.25) is 0 Å². The second-order valence-corrected chi connectivity index (χ2v) is 6.41. The molecule has 0 bridgehead atoms. The second-order valence-electron chi connectivity index (χ2n) is 6.41. The predicted molar refractivity (Wildman–Crippen MR) is 96.3 cm³/mol. The van der Waals surface area contributed by atoms with Crippen molar-refractivity contribution in [1.29, 1.82) is 0 Å². The van der Waals surface area contributed by atoms with Gasteiger partial charge in [0.25, 0.3) is 0 Å². The van der Waals surface area contributed by atoms with Gasteiger partial charge in [0.2, 0.25) is 0 Å². The summed E-state index contributed by atoms with van der Waals surface area (Å²) in [6.07, 6.45) is 1.08. The maximum atomic E-state index is 4.76. The van der Waals surface area contributed by atoms with Gasteiger partial charge in [-0.2, -0.15) is 0 Å². The third-order valence-electron chi connectivity index (χ3n) is 4.33. The predicted octanol–water partition coefficient (Wildman–Crippen LogP) is 4.61. The molecular weight excluding hydrogens is 282 g/mol. The number of para-hydroxylation sites is 2. The first kappa shape index (κ1) is 15.8. The van der Waals surface area contributed by atoms with Crippen molar-refractivity contribution in [2.24, 2.45) is 5.92 Å². The van der Waals surface area contributed by atoms with E-state index in [1.807, 2.05) is 12.1 Å². The van der Waals surface area contributed by atoms with E-state index in [1.54, 1.807) is 0 Å². The molecule has 3 rings (SSSR count). The Morgan fingerprint density at radius 3 is 2.35 bits per heavy atom. The fraction of sp³-hybridized carbons (Fsp3) is 0.350. The van der Waals surface area contributed by atoms with Crippen molar-refractivity contribution < 1.29 is 0 Å². The highest BCUT2D eigenvalue weighted by Crippen LogP contribution is 2.22. The van der Waals surface area contributed by atoms with Crippen LogP contribution in [0.4, 0.5) is 0 Å². The Morgan fingerprint density at radius 1 is 1.00 bits per heavy atom. The number of H-pyrrole nitrogens is 1. The van der Waals surface area contributed by atoms with Gasteiger partial charge in [-0.05, 0) is 35.6 Å². The molecule has 1 atom stereocenters. The molecule has 1 heterocycles. The number of aromatic nitrogens is 2. The number of nitrogens with zero attached hydrogens (tertiary/aromatic N) is 1. The zero-order valence-corrected chi connectivity index (χ0v) is 14.1. The summed E-state index contributed by atoms with van der Waals surface area (Å²) in [6.45, 7) is 7.49. The molecule has 3 heteroatoms. The lowest BCUT2D eigenvalue weighted by Crippen LogP contribution is -2.26. The topological polar surface area (TPSA) is 40.7 Å². The van der Waals surface area contributed by atoms with Gasteiger partial charge >= 0.3 is 0 Å². The van der Waals surface area contributed by atoms with Crippen molar-refractivity contribution in [3.8, 4) is 0 Å². The lowest BCUT2D eigenvalue weighted by molar-refractivity contribution is 0.396. The van der Waals surface area contributed by atoms with E-state index in [4.69, 9.17) is 4.98 Å². The maximum absolute atomic E-state index is 4.76. The van der Waals surface area contributed by atoms with Crippen molar-refractivity contribution in [3.63, 3.8) is 0 Å². The molecule has 23 heavy (non-hydrogen) atoms. The number of benzene rings is 2. The van der Waals surface area contributed by atoms with E-state index in [0.717, 1.165) is 29.8 Å². The van der Waals surface area contributed by atoms with Crippen LogP contribution < -0.4 is 5.32 Å². The van der Waals surface area contributed by atoms with Gasteiger partial charge in [0.1, 0.15) is 5.82 Å². The van der Waals surface area contributed by atoms with Crippen LogP contribution in [0.2, 0.25) is 0 Å². The average molecular weight is 307 g/mol. The highest BCUT2D eigenvalue weighted by Gasteiger charge is 2.19. The fourth-order valence-corrected chi connectivity index (χ4v) is 2.89. The minimum absolute atomic E-state index is 0.216. The molecule has 0 aliphatic heterocycles.